The Balaban J connectivity index is 2.31. The van der Waals surface area contributed by atoms with E-state index in [1.807, 2.05) is 6.07 Å². The molecule has 0 bridgehead atoms. The van der Waals surface area contributed by atoms with Crippen LogP contribution in [0.2, 0.25) is 5.02 Å². The second kappa shape index (κ2) is 4.08. The number of hydrogen-bond acceptors (Lipinski definition) is 3. The first-order chi connectivity index (χ1) is 7.15. The number of benzene rings is 1. The van der Waals surface area contributed by atoms with Gasteiger partial charge in [0, 0.05) is 5.02 Å². The Kier molecular flexibility index (Phi) is 2.79. The molecule has 1 aromatic carbocycles. The van der Waals surface area contributed by atoms with Crippen LogP contribution in [-0.4, -0.2) is 11.1 Å². The van der Waals surface area contributed by atoms with Crippen molar-refractivity contribution in [1.82, 2.24) is 5.32 Å². The molecule has 2 rings (SSSR count). The molecule has 76 valence electrons. The molecule has 5 heteroatoms. The molecule has 1 N–H and O–H groups in total. The summed E-state index contributed by atoms with van der Waals surface area (Å²) < 4.78 is 0. The van der Waals surface area contributed by atoms with Crippen molar-refractivity contribution >= 4 is 40.6 Å². The minimum atomic E-state index is -0.357. The lowest BCUT2D eigenvalue weighted by atomic mass is 10.2. The summed E-state index contributed by atoms with van der Waals surface area (Å²) in [5.41, 5.74) is 0.801. The van der Waals surface area contributed by atoms with Crippen molar-refractivity contribution in [3.8, 4) is 0 Å². The molecule has 1 heterocycles. The van der Waals surface area contributed by atoms with E-state index < -0.39 is 0 Å². The summed E-state index contributed by atoms with van der Waals surface area (Å²) >= 11 is 6.68. The molecule has 3 nitrogen and oxygen atoms in total. The minimum absolute atomic E-state index is 0.340. The van der Waals surface area contributed by atoms with Gasteiger partial charge in [0.15, 0.2) is 0 Å². The van der Waals surface area contributed by atoms with Crippen LogP contribution < -0.4 is 5.32 Å². The average molecular weight is 240 g/mol. The highest BCUT2D eigenvalue weighted by atomic mass is 35.5. The van der Waals surface area contributed by atoms with Crippen molar-refractivity contribution in [2.24, 2.45) is 0 Å². The molecule has 1 saturated heterocycles. The Morgan fingerprint density at radius 3 is 2.73 bits per heavy atom. The molecular formula is C10H6ClNO2S. The predicted octanol–water partition coefficient (Wildman–Crippen LogP) is 2.66. The van der Waals surface area contributed by atoms with Gasteiger partial charge in [-0.15, -0.1) is 0 Å². The molecule has 1 aromatic rings. The zero-order chi connectivity index (χ0) is 10.8. The summed E-state index contributed by atoms with van der Waals surface area (Å²) in [7, 11) is 0. The number of thioether (sulfide) groups is 1. The van der Waals surface area contributed by atoms with Gasteiger partial charge < -0.3 is 0 Å². The summed E-state index contributed by atoms with van der Waals surface area (Å²) in [6.45, 7) is 0. The highest BCUT2D eigenvalue weighted by molar-refractivity contribution is 8.18. The first-order valence-corrected chi connectivity index (χ1v) is 5.35. The lowest BCUT2D eigenvalue weighted by molar-refractivity contribution is -0.115. The molecule has 0 aromatic heterocycles. The number of amides is 2. The van der Waals surface area contributed by atoms with Crippen molar-refractivity contribution < 1.29 is 9.59 Å². The van der Waals surface area contributed by atoms with Crippen LogP contribution in [0.5, 0.6) is 0 Å². The summed E-state index contributed by atoms with van der Waals surface area (Å²) in [6, 6.07) is 7.07. The van der Waals surface area contributed by atoms with Crippen molar-refractivity contribution in [1.29, 1.82) is 0 Å². The van der Waals surface area contributed by atoms with Crippen LogP contribution in [0.4, 0.5) is 4.79 Å². The maximum atomic E-state index is 11.2. The molecule has 2 amide bonds. The van der Waals surface area contributed by atoms with E-state index in [0.717, 1.165) is 17.3 Å². The summed E-state index contributed by atoms with van der Waals surface area (Å²) in [5, 5.41) is 2.44. The smallest absolute Gasteiger partial charge is 0.282 e. The number of carbonyl (C=O) groups excluding carboxylic acids is 2. The van der Waals surface area contributed by atoms with E-state index in [0.29, 0.717) is 9.93 Å². The van der Waals surface area contributed by atoms with E-state index >= 15 is 0 Å². The van der Waals surface area contributed by atoms with Gasteiger partial charge in [-0.2, -0.15) is 0 Å². The third-order valence-corrected chi connectivity index (χ3v) is 2.83. The van der Waals surface area contributed by atoms with E-state index in [9.17, 15) is 9.59 Å². The maximum absolute atomic E-state index is 11.2. The molecule has 0 radical (unpaired) electrons. The largest absolute Gasteiger partial charge is 0.290 e. The van der Waals surface area contributed by atoms with Gasteiger partial charge in [-0.05, 0) is 35.5 Å². The van der Waals surface area contributed by atoms with Crippen LogP contribution >= 0.6 is 23.4 Å². The third-order valence-electron chi connectivity index (χ3n) is 1.79. The van der Waals surface area contributed by atoms with E-state index in [1.54, 1.807) is 24.3 Å². The van der Waals surface area contributed by atoms with E-state index in [-0.39, 0.29) is 11.1 Å². The minimum Gasteiger partial charge on any atom is -0.282 e. The number of carbonyl (C=O) groups is 2. The second-order valence-corrected chi connectivity index (χ2v) is 4.36. The van der Waals surface area contributed by atoms with Gasteiger partial charge in [0.05, 0.1) is 4.91 Å². The fourth-order valence-corrected chi connectivity index (χ4v) is 2.05. The maximum Gasteiger partial charge on any atom is 0.290 e. The zero-order valence-electron chi connectivity index (χ0n) is 7.49. The summed E-state index contributed by atoms with van der Waals surface area (Å²) in [4.78, 5) is 22.5. The number of imide groups is 1. The Morgan fingerprint density at radius 2 is 2.13 bits per heavy atom. The van der Waals surface area contributed by atoms with E-state index in [1.165, 1.54) is 0 Å². The van der Waals surface area contributed by atoms with Crippen LogP contribution in [0.25, 0.3) is 6.08 Å². The van der Waals surface area contributed by atoms with Gasteiger partial charge in [-0.25, -0.2) is 0 Å². The number of halogens is 1. The highest BCUT2D eigenvalue weighted by Gasteiger charge is 2.24. The molecule has 0 aliphatic carbocycles. The Bertz CT molecular complexity index is 470. The summed E-state index contributed by atoms with van der Waals surface area (Å²) in [5.74, 6) is -0.357. The third kappa shape index (κ3) is 2.40. The average Bonchev–Trinajstić information content (AvgIpc) is 2.45. The molecule has 1 aliphatic rings. The normalized spacial score (nSPS) is 18.3. The van der Waals surface area contributed by atoms with Gasteiger partial charge in [0.25, 0.3) is 11.1 Å². The van der Waals surface area contributed by atoms with E-state index in [2.05, 4.69) is 5.32 Å². The predicted molar refractivity (Wildman–Crippen MR) is 60.6 cm³/mol. The quantitative estimate of drug-likeness (QED) is 0.767. The van der Waals surface area contributed by atoms with Gasteiger partial charge >= 0.3 is 0 Å². The molecule has 1 fully saturated rings. The Labute approximate surface area is 95.5 Å². The molecule has 0 unspecified atom stereocenters. The Hall–Kier alpha value is -1.26. The van der Waals surface area contributed by atoms with Gasteiger partial charge in [-0.3, -0.25) is 14.9 Å². The fourth-order valence-electron chi connectivity index (χ4n) is 1.17. The first-order valence-electron chi connectivity index (χ1n) is 4.15. The van der Waals surface area contributed by atoms with Crippen molar-refractivity contribution in [3.63, 3.8) is 0 Å². The van der Waals surface area contributed by atoms with Gasteiger partial charge in [0.2, 0.25) is 0 Å². The molecular weight excluding hydrogens is 234 g/mol. The molecule has 0 saturated carbocycles. The van der Waals surface area contributed by atoms with Crippen LogP contribution in [0.3, 0.4) is 0 Å². The van der Waals surface area contributed by atoms with Crippen molar-refractivity contribution in [2.75, 3.05) is 0 Å². The van der Waals surface area contributed by atoms with E-state index in [4.69, 9.17) is 11.6 Å². The number of nitrogens with one attached hydrogen (secondary N) is 1. The lowest BCUT2D eigenvalue weighted by Crippen LogP contribution is -2.17. The Morgan fingerprint density at radius 1 is 1.33 bits per heavy atom. The fraction of sp³-hybridized carbons (Fsp3) is 0. The zero-order valence-corrected chi connectivity index (χ0v) is 9.06. The van der Waals surface area contributed by atoms with Crippen molar-refractivity contribution in [2.45, 2.75) is 0 Å². The van der Waals surface area contributed by atoms with Crippen LogP contribution in [0.1, 0.15) is 5.56 Å². The highest BCUT2D eigenvalue weighted by Crippen LogP contribution is 2.26. The second-order valence-electron chi connectivity index (χ2n) is 2.91. The van der Waals surface area contributed by atoms with Crippen molar-refractivity contribution in [3.05, 3.63) is 39.8 Å². The van der Waals surface area contributed by atoms with Crippen LogP contribution in [0, 0.1) is 0 Å². The van der Waals surface area contributed by atoms with Crippen LogP contribution in [0.15, 0.2) is 29.2 Å². The topological polar surface area (TPSA) is 46.2 Å². The SMILES string of the molecule is O=C1NC(=O)C(=Cc2cccc(Cl)c2)S1. The first kappa shape index (κ1) is 10.3. The number of rotatable bonds is 1. The molecule has 0 atom stereocenters. The van der Waals surface area contributed by atoms with Gasteiger partial charge in [0.1, 0.15) is 0 Å². The lowest BCUT2D eigenvalue weighted by Gasteiger charge is -1.95. The van der Waals surface area contributed by atoms with Gasteiger partial charge in [-0.1, -0.05) is 23.7 Å². The molecule has 15 heavy (non-hydrogen) atoms. The van der Waals surface area contributed by atoms with Crippen LogP contribution in [-0.2, 0) is 4.79 Å². The molecule has 0 spiro atoms. The monoisotopic (exact) mass is 239 g/mol. The summed E-state index contributed by atoms with van der Waals surface area (Å²) in [6.07, 6.45) is 1.64. The molecule has 1 aliphatic heterocycles. The number of hydrogen-bond donors (Lipinski definition) is 1. The standard InChI is InChI=1S/C10H6ClNO2S/c11-7-3-1-2-6(4-7)5-8-9(13)12-10(14)15-8/h1-5H,(H,12,13,14).